The highest BCUT2D eigenvalue weighted by atomic mass is 79.9. The minimum absolute atomic E-state index is 0.489. The minimum atomic E-state index is -0.615. The van der Waals surface area contributed by atoms with Gasteiger partial charge in [0.05, 0.1) is 18.2 Å². The Morgan fingerprint density at radius 3 is 2.65 bits per heavy atom. The number of ether oxygens (including phenoxy) is 1. The summed E-state index contributed by atoms with van der Waals surface area (Å²) in [5.41, 5.74) is 2.92. The van der Waals surface area contributed by atoms with Crippen molar-refractivity contribution in [2.75, 3.05) is 7.11 Å². The molecule has 0 bridgehead atoms. The predicted molar refractivity (Wildman–Crippen MR) is 85.5 cm³/mol. The van der Waals surface area contributed by atoms with Crippen LogP contribution in [0.2, 0.25) is 5.02 Å². The fourth-order valence-electron chi connectivity index (χ4n) is 2.11. The summed E-state index contributed by atoms with van der Waals surface area (Å²) in [5, 5.41) is 11.0. The second-order valence-electron chi connectivity index (χ2n) is 4.71. The SMILES string of the molecule is COc1ccc(C)cc1CC(O)c1ccc(Br)c(Cl)c1. The first-order valence-corrected chi connectivity index (χ1v) is 7.45. The lowest BCUT2D eigenvalue weighted by Crippen LogP contribution is -2.04. The van der Waals surface area contributed by atoms with Crippen LogP contribution in [0.5, 0.6) is 5.75 Å². The van der Waals surface area contributed by atoms with Crippen molar-refractivity contribution in [2.24, 2.45) is 0 Å². The molecule has 0 heterocycles. The van der Waals surface area contributed by atoms with Gasteiger partial charge in [-0.3, -0.25) is 0 Å². The summed E-state index contributed by atoms with van der Waals surface area (Å²) in [4.78, 5) is 0. The topological polar surface area (TPSA) is 29.5 Å². The first-order valence-electron chi connectivity index (χ1n) is 6.28. The molecule has 1 N–H and O–H groups in total. The van der Waals surface area contributed by atoms with Gasteiger partial charge in [0.15, 0.2) is 0 Å². The van der Waals surface area contributed by atoms with Crippen molar-refractivity contribution in [1.29, 1.82) is 0 Å². The quantitative estimate of drug-likeness (QED) is 0.861. The molecule has 0 amide bonds. The second-order valence-corrected chi connectivity index (χ2v) is 5.97. The van der Waals surface area contributed by atoms with Crippen LogP contribution in [0.25, 0.3) is 0 Å². The molecule has 2 rings (SSSR count). The number of hydrogen-bond donors (Lipinski definition) is 1. The van der Waals surface area contributed by atoms with Crippen molar-refractivity contribution in [3.05, 3.63) is 62.6 Å². The van der Waals surface area contributed by atoms with Crippen LogP contribution in [0.15, 0.2) is 40.9 Å². The Hall–Kier alpha value is -1.03. The van der Waals surface area contributed by atoms with Crippen LogP contribution in [-0.4, -0.2) is 12.2 Å². The zero-order valence-corrected chi connectivity index (χ0v) is 13.7. The van der Waals surface area contributed by atoms with E-state index in [-0.39, 0.29) is 0 Å². The predicted octanol–water partition coefficient (Wildman–Crippen LogP) is 4.70. The Bertz CT molecular complexity index is 613. The lowest BCUT2D eigenvalue weighted by Gasteiger charge is -2.15. The molecular weight excluding hydrogens is 340 g/mol. The van der Waals surface area contributed by atoms with Crippen LogP contribution >= 0.6 is 27.5 Å². The molecule has 2 nitrogen and oxygen atoms in total. The van der Waals surface area contributed by atoms with Gasteiger partial charge in [0.2, 0.25) is 0 Å². The Balaban J connectivity index is 2.24. The van der Waals surface area contributed by atoms with Crippen LogP contribution < -0.4 is 4.74 Å². The highest BCUT2D eigenvalue weighted by molar-refractivity contribution is 9.10. The molecule has 0 aliphatic heterocycles. The number of hydrogen-bond acceptors (Lipinski definition) is 2. The van der Waals surface area contributed by atoms with Gasteiger partial charge in [-0.05, 0) is 52.2 Å². The Labute approximate surface area is 132 Å². The molecule has 0 radical (unpaired) electrons. The van der Waals surface area contributed by atoms with Gasteiger partial charge in [-0.2, -0.15) is 0 Å². The maximum Gasteiger partial charge on any atom is 0.122 e. The molecule has 0 spiro atoms. The molecule has 20 heavy (non-hydrogen) atoms. The van der Waals surface area contributed by atoms with Gasteiger partial charge in [-0.1, -0.05) is 35.4 Å². The Morgan fingerprint density at radius 2 is 2.00 bits per heavy atom. The zero-order valence-electron chi connectivity index (χ0n) is 11.4. The van der Waals surface area contributed by atoms with E-state index in [2.05, 4.69) is 15.9 Å². The number of benzene rings is 2. The van der Waals surface area contributed by atoms with Gasteiger partial charge in [-0.15, -0.1) is 0 Å². The van der Waals surface area contributed by atoms with E-state index in [0.29, 0.717) is 11.4 Å². The van der Waals surface area contributed by atoms with Gasteiger partial charge in [-0.25, -0.2) is 0 Å². The lowest BCUT2D eigenvalue weighted by molar-refractivity contribution is 0.177. The highest BCUT2D eigenvalue weighted by Gasteiger charge is 2.13. The van der Waals surface area contributed by atoms with Crippen molar-refractivity contribution in [3.8, 4) is 5.75 Å². The van der Waals surface area contributed by atoms with Crippen LogP contribution in [0.3, 0.4) is 0 Å². The van der Waals surface area contributed by atoms with Gasteiger partial charge in [0.25, 0.3) is 0 Å². The summed E-state index contributed by atoms with van der Waals surface area (Å²) in [6, 6.07) is 11.4. The number of rotatable bonds is 4. The summed E-state index contributed by atoms with van der Waals surface area (Å²) in [6.07, 6.45) is -0.126. The van der Waals surface area contributed by atoms with E-state index in [4.69, 9.17) is 16.3 Å². The van der Waals surface area contributed by atoms with E-state index < -0.39 is 6.10 Å². The molecule has 2 aromatic rings. The summed E-state index contributed by atoms with van der Waals surface area (Å²) < 4.78 is 6.16. The van der Waals surface area contributed by atoms with Gasteiger partial charge < -0.3 is 9.84 Å². The molecule has 1 atom stereocenters. The zero-order chi connectivity index (χ0) is 14.7. The molecule has 0 saturated carbocycles. The van der Waals surface area contributed by atoms with Crippen LogP contribution in [0, 0.1) is 6.92 Å². The summed E-state index contributed by atoms with van der Waals surface area (Å²) in [6.45, 7) is 2.02. The van der Waals surface area contributed by atoms with Crippen LogP contribution in [0.4, 0.5) is 0 Å². The molecule has 1 unspecified atom stereocenters. The largest absolute Gasteiger partial charge is 0.496 e. The molecule has 4 heteroatoms. The minimum Gasteiger partial charge on any atom is -0.496 e. The summed E-state index contributed by atoms with van der Waals surface area (Å²) >= 11 is 9.41. The van der Waals surface area contributed by atoms with E-state index in [1.54, 1.807) is 13.2 Å². The van der Waals surface area contributed by atoms with Gasteiger partial charge in [0.1, 0.15) is 5.75 Å². The third-order valence-electron chi connectivity index (χ3n) is 3.18. The normalized spacial score (nSPS) is 12.2. The Kier molecular flexibility index (Phi) is 5.08. The first kappa shape index (κ1) is 15.4. The van der Waals surface area contributed by atoms with E-state index in [1.165, 1.54) is 0 Å². The number of aryl methyl sites for hydroxylation is 1. The van der Waals surface area contributed by atoms with Crippen molar-refractivity contribution in [3.63, 3.8) is 0 Å². The smallest absolute Gasteiger partial charge is 0.122 e. The lowest BCUT2D eigenvalue weighted by atomic mass is 9.99. The fraction of sp³-hybridized carbons (Fsp3) is 0.250. The molecule has 2 aromatic carbocycles. The Morgan fingerprint density at radius 1 is 1.25 bits per heavy atom. The van der Waals surface area contributed by atoms with E-state index in [1.807, 2.05) is 37.3 Å². The van der Waals surface area contributed by atoms with E-state index in [9.17, 15) is 5.11 Å². The molecule has 0 fully saturated rings. The van der Waals surface area contributed by atoms with Crippen LogP contribution in [0.1, 0.15) is 22.8 Å². The number of aliphatic hydroxyl groups is 1. The first-order chi connectivity index (χ1) is 9.51. The standard InChI is InChI=1S/C16H16BrClO2/c1-10-3-6-16(20-2)12(7-10)9-15(19)11-4-5-13(17)14(18)8-11/h3-8,15,19H,9H2,1-2H3. The fourth-order valence-corrected chi connectivity index (χ4v) is 2.55. The molecule has 106 valence electrons. The summed E-state index contributed by atoms with van der Waals surface area (Å²) in [7, 11) is 1.64. The van der Waals surface area contributed by atoms with Gasteiger partial charge >= 0.3 is 0 Å². The molecule has 0 aromatic heterocycles. The third kappa shape index (κ3) is 3.54. The average molecular weight is 356 g/mol. The van der Waals surface area contributed by atoms with Crippen molar-refractivity contribution >= 4 is 27.5 Å². The number of aliphatic hydroxyl groups excluding tert-OH is 1. The highest BCUT2D eigenvalue weighted by Crippen LogP contribution is 2.30. The maximum atomic E-state index is 10.4. The van der Waals surface area contributed by atoms with E-state index >= 15 is 0 Å². The van der Waals surface area contributed by atoms with Crippen LogP contribution in [-0.2, 0) is 6.42 Å². The van der Waals surface area contributed by atoms with E-state index in [0.717, 1.165) is 26.9 Å². The van der Waals surface area contributed by atoms with Gasteiger partial charge in [0, 0.05) is 10.9 Å². The van der Waals surface area contributed by atoms with Crippen molar-refractivity contribution < 1.29 is 9.84 Å². The molecular formula is C16H16BrClO2. The monoisotopic (exact) mass is 354 g/mol. The number of halogens is 2. The number of methoxy groups -OCH3 is 1. The van der Waals surface area contributed by atoms with Crippen molar-refractivity contribution in [1.82, 2.24) is 0 Å². The maximum absolute atomic E-state index is 10.4. The second kappa shape index (κ2) is 6.61. The molecule has 0 aliphatic rings. The van der Waals surface area contributed by atoms with Crippen molar-refractivity contribution in [2.45, 2.75) is 19.4 Å². The third-order valence-corrected chi connectivity index (χ3v) is 4.41. The molecule has 0 aliphatic carbocycles. The molecule has 0 saturated heterocycles. The average Bonchev–Trinajstić information content (AvgIpc) is 2.42. The summed E-state index contributed by atoms with van der Waals surface area (Å²) in [5.74, 6) is 0.790.